The zero-order chi connectivity index (χ0) is 12.3. The predicted octanol–water partition coefficient (Wildman–Crippen LogP) is 3.87. The Morgan fingerprint density at radius 3 is 2.53 bits per heavy atom. The van der Waals surface area contributed by atoms with Gasteiger partial charge in [-0.15, -0.1) is 0 Å². The van der Waals surface area contributed by atoms with Crippen molar-refractivity contribution >= 4 is 0 Å². The molecule has 0 aromatic heterocycles. The van der Waals surface area contributed by atoms with Gasteiger partial charge in [0.2, 0.25) is 0 Å². The number of benzene rings is 1. The van der Waals surface area contributed by atoms with E-state index in [1.165, 1.54) is 37.9 Å². The summed E-state index contributed by atoms with van der Waals surface area (Å²) in [6.07, 6.45) is 3.88. The van der Waals surface area contributed by atoms with Crippen LogP contribution in [-0.4, -0.2) is 18.0 Å². The standard InChI is InChI=1S/C16H25N/c1-16(2,3)10-6-11-17-12-9-14-7-4-5-8-15(14)13-17/h4-5,7-8H,6,9-13H2,1-3H3. The summed E-state index contributed by atoms with van der Waals surface area (Å²) in [6, 6.07) is 8.89. The van der Waals surface area contributed by atoms with E-state index in [2.05, 4.69) is 49.9 Å². The van der Waals surface area contributed by atoms with Gasteiger partial charge in [-0.25, -0.2) is 0 Å². The average molecular weight is 231 g/mol. The molecule has 0 bridgehead atoms. The third-order valence-corrected chi connectivity index (χ3v) is 3.61. The van der Waals surface area contributed by atoms with Crippen molar-refractivity contribution in [1.82, 2.24) is 4.90 Å². The number of nitrogens with zero attached hydrogens (tertiary/aromatic N) is 1. The van der Waals surface area contributed by atoms with E-state index in [0.29, 0.717) is 5.41 Å². The maximum Gasteiger partial charge on any atom is 0.0236 e. The van der Waals surface area contributed by atoms with Crippen molar-refractivity contribution in [3.63, 3.8) is 0 Å². The largest absolute Gasteiger partial charge is 0.299 e. The highest BCUT2D eigenvalue weighted by Gasteiger charge is 2.16. The third kappa shape index (κ3) is 3.85. The summed E-state index contributed by atoms with van der Waals surface area (Å²) >= 11 is 0. The normalized spacial score (nSPS) is 16.9. The molecule has 0 radical (unpaired) electrons. The fourth-order valence-electron chi connectivity index (χ4n) is 2.58. The van der Waals surface area contributed by atoms with Gasteiger partial charge in [0.25, 0.3) is 0 Å². The molecule has 1 aliphatic heterocycles. The van der Waals surface area contributed by atoms with E-state index in [9.17, 15) is 0 Å². The van der Waals surface area contributed by atoms with Gasteiger partial charge in [-0.3, -0.25) is 4.90 Å². The molecule has 0 fully saturated rings. The average Bonchev–Trinajstić information content (AvgIpc) is 2.27. The Morgan fingerprint density at radius 1 is 1.12 bits per heavy atom. The lowest BCUT2D eigenvalue weighted by molar-refractivity contribution is 0.232. The van der Waals surface area contributed by atoms with E-state index in [4.69, 9.17) is 0 Å². The second kappa shape index (κ2) is 5.22. The van der Waals surface area contributed by atoms with Gasteiger partial charge in [-0.05, 0) is 42.3 Å². The molecule has 1 aliphatic rings. The molecule has 1 heteroatoms. The first-order valence-corrected chi connectivity index (χ1v) is 6.84. The fourth-order valence-corrected chi connectivity index (χ4v) is 2.58. The molecular formula is C16H25N. The van der Waals surface area contributed by atoms with Crippen molar-refractivity contribution in [3.8, 4) is 0 Å². The Hall–Kier alpha value is -0.820. The second-order valence-electron chi connectivity index (χ2n) is 6.46. The van der Waals surface area contributed by atoms with Gasteiger partial charge >= 0.3 is 0 Å². The van der Waals surface area contributed by atoms with Gasteiger partial charge in [0.05, 0.1) is 0 Å². The molecule has 94 valence electrons. The first-order chi connectivity index (χ1) is 8.04. The van der Waals surface area contributed by atoms with Crippen LogP contribution in [-0.2, 0) is 13.0 Å². The van der Waals surface area contributed by atoms with E-state index in [1.807, 2.05) is 0 Å². The highest BCUT2D eigenvalue weighted by molar-refractivity contribution is 5.28. The second-order valence-corrected chi connectivity index (χ2v) is 6.46. The Morgan fingerprint density at radius 2 is 1.82 bits per heavy atom. The van der Waals surface area contributed by atoms with E-state index in [1.54, 1.807) is 5.56 Å². The van der Waals surface area contributed by atoms with E-state index < -0.39 is 0 Å². The first kappa shape index (κ1) is 12.6. The SMILES string of the molecule is CC(C)(C)CCCN1CCc2ccccc2C1. The number of fused-ring (bicyclic) bond motifs is 1. The van der Waals surface area contributed by atoms with Gasteiger partial charge in [0.1, 0.15) is 0 Å². The van der Waals surface area contributed by atoms with Gasteiger partial charge in [-0.2, -0.15) is 0 Å². The van der Waals surface area contributed by atoms with Crippen molar-refractivity contribution in [3.05, 3.63) is 35.4 Å². The van der Waals surface area contributed by atoms with Crippen LogP contribution in [0.25, 0.3) is 0 Å². The maximum atomic E-state index is 2.61. The molecule has 1 heterocycles. The number of hydrogen-bond donors (Lipinski definition) is 0. The Labute approximate surface area is 106 Å². The van der Waals surface area contributed by atoms with E-state index in [0.717, 1.165) is 6.54 Å². The van der Waals surface area contributed by atoms with Crippen LogP contribution in [0.2, 0.25) is 0 Å². The topological polar surface area (TPSA) is 3.24 Å². The molecule has 1 aromatic carbocycles. The van der Waals surface area contributed by atoms with Crippen LogP contribution in [0.3, 0.4) is 0 Å². The molecule has 0 N–H and O–H groups in total. The Bertz CT molecular complexity index is 362. The maximum absolute atomic E-state index is 2.61. The molecule has 0 spiro atoms. The lowest BCUT2D eigenvalue weighted by Gasteiger charge is -2.29. The minimum Gasteiger partial charge on any atom is -0.299 e. The van der Waals surface area contributed by atoms with Crippen molar-refractivity contribution in [1.29, 1.82) is 0 Å². The minimum atomic E-state index is 0.480. The summed E-state index contributed by atoms with van der Waals surface area (Å²) in [5, 5.41) is 0. The summed E-state index contributed by atoms with van der Waals surface area (Å²) in [5.41, 5.74) is 3.57. The summed E-state index contributed by atoms with van der Waals surface area (Å²) in [7, 11) is 0. The quantitative estimate of drug-likeness (QED) is 0.763. The lowest BCUT2D eigenvalue weighted by Crippen LogP contribution is -2.31. The number of rotatable bonds is 3. The van der Waals surface area contributed by atoms with E-state index in [-0.39, 0.29) is 0 Å². The molecular weight excluding hydrogens is 206 g/mol. The molecule has 0 aliphatic carbocycles. The lowest BCUT2D eigenvalue weighted by atomic mass is 9.90. The summed E-state index contributed by atoms with van der Waals surface area (Å²) in [6.45, 7) is 10.6. The molecule has 0 amide bonds. The molecule has 1 nitrogen and oxygen atoms in total. The molecule has 0 unspecified atom stereocenters. The van der Waals surface area contributed by atoms with E-state index >= 15 is 0 Å². The predicted molar refractivity (Wildman–Crippen MR) is 74.1 cm³/mol. The molecule has 0 saturated heterocycles. The van der Waals surface area contributed by atoms with Crippen molar-refractivity contribution in [2.45, 2.75) is 46.6 Å². The monoisotopic (exact) mass is 231 g/mol. The Kier molecular flexibility index (Phi) is 3.88. The molecule has 2 rings (SSSR count). The summed E-state index contributed by atoms with van der Waals surface area (Å²) in [4.78, 5) is 2.61. The molecule has 1 aromatic rings. The highest BCUT2D eigenvalue weighted by atomic mass is 15.1. The van der Waals surface area contributed by atoms with Crippen LogP contribution in [0.15, 0.2) is 24.3 Å². The van der Waals surface area contributed by atoms with Crippen LogP contribution in [0.4, 0.5) is 0 Å². The van der Waals surface area contributed by atoms with Crippen molar-refractivity contribution < 1.29 is 0 Å². The zero-order valence-electron chi connectivity index (χ0n) is 11.5. The molecule has 0 saturated carbocycles. The van der Waals surface area contributed by atoms with Crippen molar-refractivity contribution in [2.75, 3.05) is 13.1 Å². The van der Waals surface area contributed by atoms with Crippen LogP contribution >= 0.6 is 0 Å². The van der Waals surface area contributed by atoms with Gasteiger partial charge in [0, 0.05) is 13.1 Å². The smallest absolute Gasteiger partial charge is 0.0236 e. The Balaban J connectivity index is 1.82. The van der Waals surface area contributed by atoms with Crippen LogP contribution in [0.1, 0.15) is 44.7 Å². The fraction of sp³-hybridized carbons (Fsp3) is 0.625. The molecule has 0 atom stereocenters. The number of hydrogen-bond acceptors (Lipinski definition) is 1. The molecule has 17 heavy (non-hydrogen) atoms. The highest BCUT2D eigenvalue weighted by Crippen LogP contribution is 2.22. The zero-order valence-corrected chi connectivity index (χ0v) is 11.5. The third-order valence-electron chi connectivity index (χ3n) is 3.61. The van der Waals surface area contributed by atoms with Crippen molar-refractivity contribution in [2.24, 2.45) is 5.41 Å². The van der Waals surface area contributed by atoms with Crippen LogP contribution in [0, 0.1) is 5.41 Å². The van der Waals surface area contributed by atoms with Crippen LogP contribution < -0.4 is 0 Å². The first-order valence-electron chi connectivity index (χ1n) is 6.84. The minimum absolute atomic E-state index is 0.480. The van der Waals surface area contributed by atoms with Gasteiger partial charge < -0.3 is 0 Å². The van der Waals surface area contributed by atoms with Gasteiger partial charge in [0.15, 0.2) is 0 Å². The summed E-state index contributed by atoms with van der Waals surface area (Å²) < 4.78 is 0. The summed E-state index contributed by atoms with van der Waals surface area (Å²) in [5.74, 6) is 0. The van der Waals surface area contributed by atoms with Crippen LogP contribution in [0.5, 0.6) is 0 Å². The van der Waals surface area contributed by atoms with Gasteiger partial charge in [-0.1, -0.05) is 45.0 Å².